The first-order valence-electron chi connectivity index (χ1n) is 43.1. The number of nitrogens with one attached hydrogen (secondary N) is 4. The smallest absolute Gasteiger partial charge is 0.294 e. The third-order valence-electron chi connectivity index (χ3n) is 18.4. The molecule has 6 N–H and O–H groups in total. The Balaban J connectivity index is 0.000000185. The van der Waals surface area contributed by atoms with Gasteiger partial charge >= 0.3 is 0 Å². The van der Waals surface area contributed by atoms with Gasteiger partial charge in [-0.05, 0) is 73.5 Å². The number of allylic oxidation sites excluding steroid dienone is 1. The van der Waals surface area contributed by atoms with Crippen LogP contribution in [0.5, 0.6) is 17.2 Å². The van der Waals surface area contributed by atoms with Crippen molar-refractivity contribution in [2.75, 3.05) is 184 Å². The monoisotopic (exact) mass is 1670 g/mol. The van der Waals surface area contributed by atoms with E-state index in [-0.39, 0.29) is 89.2 Å². The molecule has 0 saturated carbocycles. The molecule has 6 aromatic heterocycles. The van der Waals surface area contributed by atoms with Crippen molar-refractivity contribution < 1.29 is 56.7 Å². The Morgan fingerprint density at radius 3 is 1.17 bits per heavy atom. The van der Waals surface area contributed by atoms with Crippen molar-refractivity contribution in [2.45, 2.75) is 26.4 Å². The highest BCUT2D eigenvalue weighted by molar-refractivity contribution is 6.02. The van der Waals surface area contributed by atoms with Gasteiger partial charge in [-0.3, -0.25) is 19.7 Å². The van der Waals surface area contributed by atoms with Gasteiger partial charge in [0.1, 0.15) is 22.9 Å². The highest BCUT2D eigenvalue weighted by Crippen LogP contribution is 2.42. The fourth-order valence-electron chi connectivity index (χ4n) is 12.7. The third-order valence-corrected chi connectivity index (χ3v) is 18.4. The summed E-state index contributed by atoms with van der Waals surface area (Å²) in [5, 5.41) is 38.1. The molecule has 3 saturated heterocycles. The standard InChI is InChI=1S/C30H34N8O3.C27H30N8O4.C27H32N8O2.C4H6O.H/c1-5-28(39)32-23-17-24(26(40-4)18-25(23)37-13-15-41-16-14-37)33-30-31-12-11-27(34-30)38-20-22(19-36(2)3)29(35-38)21-9-7-6-8-10-21;1-32(2)17-20-18-34(31-26(20)19-7-5-4-6-8-19)25-9-10-28-27(30-25)29-21-15-23(35(36)37)22(16-24(21)38-3)33-11-13-39-14-12-33;1-33(2)17-20-18-35(32-26(20)19-7-5-4-6-8-19)25-9-10-29-27(31-25)30-22-15-21(28)23(16-24(22)36-3)34-11-13-37-14-12-34;1-3-4(2)5;/h5-12,17-18,20H,1,13-16,19H2,2-4H3,(H,32,39)(H,31,33,34);4-10,15-16,18H,11-14,17H2,1-3H3,(H,28,29,30);4-10,15-16,18H,11-14,17,28H2,1-3H3,(H,29,30,31);3H,1H2,2H3;/q;;;;-1/i19D2,20D;2*17D2,18D;;1+2. The van der Waals surface area contributed by atoms with Crippen LogP contribution in [0.25, 0.3) is 51.2 Å². The van der Waals surface area contributed by atoms with Crippen LogP contribution in [0.1, 0.15) is 37.4 Å². The summed E-state index contributed by atoms with van der Waals surface area (Å²) >= 11 is 0. The van der Waals surface area contributed by atoms with Crippen molar-refractivity contribution in [2.24, 2.45) is 0 Å². The number of nitro groups is 1. The Hall–Kier alpha value is -14.0. The second-order valence-corrected chi connectivity index (χ2v) is 27.7. The fraction of sp³-hybridized carbons (Fsp3) is 0.284. The van der Waals surface area contributed by atoms with Gasteiger partial charge in [0.25, 0.3) is 5.69 Å². The topological polar surface area (TPSA) is 357 Å². The number of nitrogens with two attached hydrogens (primary N) is 1. The summed E-state index contributed by atoms with van der Waals surface area (Å²) in [6, 6.07) is 42.5. The number of morpholine rings is 3. The van der Waals surface area contributed by atoms with Crippen LogP contribution in [-0.4, -0.2) is 233 Å². The van der Waals surface area contributed by atoms with Crippen molar-refractivity contribution in [3.05, 3.63) is 235 Å². The lowest BCUT2D eigenvalue weighted by molar-refractivity contribution is -0.384. The highest BCUT2D eigenvalue weighted by atomic mass is 16.6. The summed E-state index contributed by atoms with van der Waals surface area (Å²) in [5.41, 5.74) is 14.2. The molecule has 0 radical (unpaired) electrons. The lowest BCUT2D eigenvalue weighted by atomic mass is 10.1. The first-order valence-corrected chi connectivity index (χ1v) is 38.6. The first kappa shape index (κ1) is 75.4. The predicted octanol–water partition coefficient (Wildman–Crippen LogP) is 12.4. The first-order chi connectivity index (χ1) is 62.7. The van der Waals surface area contributed by atoms with Crippen LogP contribution in [0.3, 0.4) is 0 Å². The van der Waals surface area contributed by atoms with Crippen molar-refractivity contribution >= 4 is 80.7 Å². The molecule has 3 aliphatic heterocycles. The second-order valence-electron chi connectivity index (χ2n) is 27.7. The van der Waals surface area contributed by atoms with Gasteiger partial charge in [-0.25, -0.2) is 29.0 Å². The molecule has 636 valence electrons. The largest absolute Gasteiger partial charge is 1.00 e. The molecule has 0 spiro atoms. The molecule has 0 aliphatic carbocycles. The molecule has 9 heterocycles. The zero-order valence-electron chi connectivity index (χ0n) is 79.3. The summed E-state index contributed by atoms with van der Waals surface area (Å²) in [5.74, 6) is 2.32. The van der Waals surface area contributed by atoms with Gasteiger partial charge in [-0.2, -0.15) is 30.2 Å². The van der Waals surface area contributed by atoms with Gasteiger partial charge in [0.05, 0.1) is 127 Å². The number of anilines is 11. The number of nitrogen functional groups attached to an aromatic ring is 1. The Labute approximate surface area is 722 Å². The van der Waals surface area contributed by atoms with E-state index in [0.29, 0.717) is 151 Å². The minimum absolute atomic E-state index is 0. The third kappa shape index (κ3) is 22.9. The Kier molecular flexibility index (Phi) is 26.0. The van der Waals surface area contributed by atoms with E-state index in [0.717, 1.165) is 24.5 Å². The molecule has 0 unspecified atom stereocenters. The molecule has 122 heavy (non-hydrogen) atoms. The minimum atomic E-state index is -2.01. The Bertz CT molecular complexity index is 6040. The molecule has 34 nitrogen and oxygen atoms in total. The van der Waals surface area contributed by atoms with Crippen LogP contribution >= 0.6 is 0 Å². The molecule has 6 aromatic carbocycles. The normalized spacial score (nSPS) is 14.6. The number of nitro benzene ring substituents is 1. The summed E-state index contributed by atoms with van der Waals surface area (Å²) in [6.07, 6.45) is 6.56. The van der Waals surface area contributed by atoms with E-state index >= 15 is 0 Å². The van der Waals surface area contributed by atoms with Gasteiger partial charge in [0, 0.05) is 180 Å². The fourth-order valence-corrected chi connectivity index (χ4v) is 12.7. The highest BCUT2D eigenvalue weighted by Gasteiger charge is 2.28. The molecule has 34 heteroatoms. The number of amides is 1. The maximum Gasteiger partial charge on any atom is 0.294 e. The number of benzene rings is 6. The van der Waals surface area contributed by atoms with E-state index in [1.54, 1.807) is 111 Å². The predicted molar refractivity (Wildman–Crippen MR) is 476 cm³/mol. The van der Waals surface area contributed by atoms with Gasteiger partial charge in [-0.15, -0.1) is 0 Å². The SMILES string of the molecule is C=CC(C)=O.[2H]c1c(C([2H])([2H])N(C)C)c(-c2ccccc2)nn1-c1ccnc(Nc2cc(N)c(N3CCOCC3)cc2OC)n1.[2H]c1c(C([2H])([2H])N(C)C)c(-c2ccccc2)nn1-c1ccnc(Nc2cc(NC(=O)C=C)c(N3CCOCC3)cc2OC)n1.[2H]c1c(C([2H])([2H])N(C)C)c(-c2ccccc2)nn1-c1ccnc(Nc2cc([N+](=O)[O-])c(N3CCOCC3)cc2OC)n1.[3H-]. The van der Waals surface area contributed by atoms with Gasteiger partial charge < -0.3 is 86.2 Å². The zero-order chi connectivity index (χ0) is 94.2. The lowest BCUT2D eigenvalue weighted by Crippen LogP contribution is -2.36. The van der Waals surface area contributed by atoms with Crippen LogP contribution in [-0.2, 0) is 43.3 Å². The van der Waals surface area contributed by atoms with E-state index in [2.05, 4.69) is 89.4 Å². The van der Waals surface area contributed by atoms with Crippen LogP contribution in [0.4, 0.5) is 69.0 Å². The number of hydrogen-bond acceptors (Lipinski definition) is 29. The lowest BCUT2D eigenvalue weighted by Gasteiger charge is -2.31. The zero-order valence-corrected chi connectivity index (χ0v) is 69.3. The van der Waals surface area contributed by atoms with E-state index in [1.165, 1.54) is 73.4 Å². The van der Waals surface area contributed by atoms with Gasteiger partial charge in [-0.1, -0.05) is 104 Å². The number of methoxy groups -OCH3 is 3. The Morgan fingerprint density at radius 1 is 0.508 bits per heavy atom. The Morgan fingerprint density at radius 2 is 0.836 bits per heavy atom. The van der Waals surface area contributed by atoms with Crippen molar-refractivity contribution in [3.8, 4) is 68.5 Å². The van der Waals surface area contributed by atoms with E-state index < -0.39 is 24.4 Å². The molecule has 1 amide bonds. The maximum atomic E-state index is 12.3. The van der Waals surface area contributed by atoms with Gasteiger partial charge in [0.2, 0.25) is 23.8 Å². The number of rotatable bonds is 28. The average molecular weight is 1670 g/mol. The van der Waals surface area contributed by atoms with Crippen LogP contribution in [0.15, 0.2) is 208 Å². The maximum absolute atomic E-state index is 12.3. The molecule has 0 atom stereocenters. The number of ketones is 1. The van der Waals surface area contributed by atoms with Crippen LogP contribution < -0.4 is 55.9 Å². The summed E-state index contributed by atoms with van der Waals surface area (Å²) < 4.78 is 116. The quantitative estimate of drug-likeness (QED) is 0.0132. The molecule has 15 rings (SSSR count). The van der Waals surface area contributed by atoms with Crippen LogP contribution in [0.2, 0.25) is 0 Å². The van der Waals surface area contributed by atoms with Crippen molar-refractivity contribution in [1.82, 2.24) is 73.9 Å². The number of carbonyl (C=O) groups excluding carboxylic acids is 2. The molecule has 3 aliphatic rings. The number of ether oxygens (including phenoxy) is 6. The average Bonchev–Trinajstić information content (AvgIpc) is 1.61. The number of aromatic nitrogens is 12. The second kappa shape index (κ2) is 42.1. The minimum Gasteiger partial charge on any atom is -1.00 e. The van der Waals surface area contributed by atoms with E-state index in [4.69, 9.17) is 46.5 Å². The number of hydrogen-bond donors (Lipinski definition) is 5. The number of carbonyl (C=O) groups is 2. The molecule has 3 fully saturated rings. The van der Waals surface area contributed by atoms with Crippen molar-refractivity contribution in [1.29, 1.82) is 0 Å². The molecular formula is C88H103N24O10-. The summed E-state index contributed by atoms with van der Waals surface area (Å²) in [6.45, 7) is 9.42. The molecular weight excluding hydrogens is 1550 g/mol. The van der Waals surface area contributed by atoms with Gasteiger partial charge in [0.15, 0.2) is 23.2 Å². The van der Waals surface area contributed by atoms with E-state index in [1.807, 2.05) is 95.9 Å². The molecule has 0 bridgehead atoms. The summed E-state index contributed by atoms with van der Waals surface area (Å²) in [7, 11) is 14.3. The molecule has 12 aromatic rings. The van der Waals surface area contributed by atoms with Crippen LogP contribution in [0, 0.1) is 10.1 Å². The van der Waals surface area contributed by atoms with Crippen molar-refractivity contribution in [3.63, 3.8) is 0 Å². The number of nitrogens with zero attached hydrogens (tertiary/aromatic N) is 19. The summed E-state index contributed by atoms with van der Waals surface area (Å²) in [4.78, 5) is 70.6. The van der Waals surface area contributed by atoms with E-state index in [9.17, 15) is 19.7 Å².